The number of hydrogen-bond acceptors (Lipinski definition) is 7. The summed E-state index contributed by atoms with van der Waals surface area (Å²) < 4.78 is 4.98. The zero-order valence-corrected chi connectivity index (χ0v) is 12.6. The molecule has 20 heavy (non-hydrogen) atoms. The van der Waals surface area contributed by atoms with Gasteiger partial charge in [0.05, 0.1) is 18.2 Å². The number of rotatable bonds is 5. The van der Waals surface area contributed by atoms with E-state index < -0.39 is 5.97 Å². The Kier molecular flexibility index (Phi) is 4.86. The van der Waals surface area contributed by atoms with Gasteiger partial charge in [0.25, 0.3) is 0 Å². The van der Waals surface area contributed by atoms with E-state index in [1.54, 1.807) is 13.8 Å². The molecule has 6 nitrogen and oxygen atoms in total. The fourth-order valence-electron chi connectivity index (χ4n) is 1.45. The van der Waals surface area contributed by atoms with Crippen LogP contribution < -0.4 is 5.32 Å². The fourth-order valence-corrected chi connectivity index (χ4v) is 2.39. The van der Waals surface area contributed by atoms with Crippen LogP contribution in [-0.4, -0.2) is 27.5 Å². The number of esters is 1. The van der Waals surface area contributed by atoms with Gasteiger partial charge in [0, 0.05) is 11.6 Å². The number of halogens is 1. The van der Waals surface area contributed by atoms with Crippen molar-refractivity contribution in [2.45, 2.75) is 19.7 Å². The van der Waals surface area contributed by atoms with Crippen LogP contribution >= 0.6 is 22.9 Å². The van der Waals surface area contributed by atoms with Crippen LogP contribution in [0.5, 0.6) is 0 Å². The lowest BCUT2D eigenvalue weighted by Crippen LogP contribution is -2.11. The maximum Gasteiger partial charge on any atom is 0.343 e. The summed E-state index contributed by atoms with van der Waals surface area (Å²) in [4.78, 5) is 24.3. The molecule has 0 aromatic carbocycles. The predicted octanol–water partition coefficient (Wildman–Crippen LogP) is 2.90. The Morgan fingerprint density at radius 1 is 1.50 bits per heavy atom. The largest absolute Gasteiger partial charge is 0.462 e. The molecule has 0 fully saturated rings. The number of thiazole rings is 1. The van der Waals surface area contributed by atoms with Gasteiger partial charge in [-0.05, 0) is 13.8 Å². The number of carbonyl (C=O) groups is 1. The van der Waals surface area contributed by atoms with Gasteiger partial charge >= 0.3 is 5.97 Å². The van der Waals surface area contributed by atoms with Crippen molar-refractivity contribution in [3.8, 4) is 0 Å². The highest BCUT2D eigenvalue weighted by atomic mass is 35.5. The molecule has 2 aromatic rings. The van der Waals surface area contributed by atoms with Crippen molar-refractivity contribution >= 4 is 39.9 Å². The first-order chi connectivity index (χ1) is 9.63. The lowest BCUT2D eigenvalue weighted by molar-refractivity contribution is 0.0526. The molecule has 0 spiro atoms. The van der Waals surface area contributed by atoms with E-state index in [9.17, 15) is 4.79 Å². The summed E-state index contributed by atoms with van der Waals surface area (Å²) in [7, 11) is 0. The highest BCUT2D eigenvalue weighted by Crippen LogP contribution is 2.23. The first-order valence-electron chi connectivity index (χ1n) is 5.92. The smallest absolute Gasteiger partial charge is 0.343 e. The number of carbonyl (C=O) groups excluding carboxylic acids is 1. The number of aromatic nitrogens is 3. The van der Waals surface area contributed by atoms with E-state index in [0.29, 0.717) is 29.3 Å². The molecule has 8 heteroatoms. The SMILES string of the molecule is CCOC(=O)c1cnc(C)nc1Nc1nc(CCl)cs1. The van der Waals surface area contributed by atoms with E-state index in [-0.39, 0.29) is 5.56 Å². The van der Waals surface area contributed by atoms with Crippen molar-refractivity contribution < 1.29 is 9.53 Å². The van der Waals surface area contributed by atoms with Crippen molar-refractivity contribution in [3.63, 3.8) is 0 Å². The zero-order chi connectivity index (χ0) is 14.5. The number of alkyl halides is 1. The predicted molar refractivity (Wildman–Crippen MR) is 77.7 cm³/mol. The van der Waals surface area contributed by atoms with Crippen molar-refractivity contribution in [2.75, 3.05) is 11.9 Å². The van der Waals surface area contributed by atoms with E-state index in [2.05, 4.69) is 20.3 Å². The standard InChI is InChI=1S/C12H13ClN4O2S/c1-3-19-11(18)9-5-14-7(2)15-10(9)17-12-16-8(4-13)6-20-12/h5-6H,3-4H2,1-2H3,(H,14,15,16,17). The first-order valence-corrected chi connectivity index (χ1v) is 7.33. The topological polar surface area (TPSA) is 77.0 Å². The van der Waals surface area contributed by atoms with Gasteiger partial charge in [-0.15, -0.1) is 22.9 Å². The number of nitrogens with zero attached hydrogens (tertiary/aromatic N) is 3. The van der Waals surface area contributed by atoms with Gasteiger partial charge in [-0.25, -0.2) is 19.7 Å². The van der Waals surface area contributed by atoms with Crippen LogP contribution in [0.3, 0.4) is 0 Å². The van der Waals surface area contributed by atoms with Crippen LogP contribution in [0.4, 0.5) is 10.9 Å². The minimum Gasteiger partial charge on any atom is -0.462 e. The minimum atomic E-state index is -0.468. The molecule has 0 aliphatic rings. The quantitative estimate of drug-likeness (QED) is 0.675. The van der Waals surface area contributed by atoms with Crippen molar-refractivity contribution in [1.82, 2.24) is 15.0 Å². The van der Waals surface area contributed by atoms with E-state index in [4.69, 9.17) is 16.3 Å². The van der Waals surface area contributed by atoms with Gasteiger partial charge in [0.15, 0.2) is 10.9 Å². The zero-order valence-electron chi connectivity index (χ0n) is 11.0. The van der Waals surface area contributed by atoms with Gasteiger partial charge in [0.1, 0.15) is 11.4 Å². The maximum absolute atomic E-state index is 11.8. The molecule has 0 bridgehead atoms. The molecule has 0 radical (unpaired) electrons. The van der Waals surface area contributed by atoms with E-state index >= 15 is 0 Å². The molecule has 2 rings (SSSR count). The Bertz CT molecular complexity index is 617. The Morgan fingerprint density at radius 2 is 2.30 bits per heavy atom. The van der Waals surface area contributed by atoms with Crippen LogP contribution in [0.15, 0.2) is 11.6 Å². The summed E-state index contributed by atoms with van der Waals surface area (Å²) in [6, 6.07) is 0. The molecule has 0 saturated heterocycles. The van der Waals surface area contributed by atoms with Crippen LogP contribution in [0.2, 0.25) is 0 Å². The summed E-state index contributed by atoms with van der Waals surface area (Å²) in [6.45, 7) is 3.78. The Hall–Kier alpha value is -1.73. The second kappa shape index (κ2) is 6.62. The average molecular weight is 313 g/mol. The van der Waals surface area contributed by atoms with Crippen LogP contribution in [0.1, 0.15) is 28.8 Å². The van der Waals surface area contributed by atoms with E-state index in [1.807, 2.05) is 5.38 Å². The second-order valence-corrected chi connectivity index (χ2v) is 4.93. The number of hydrogen-bond donors (Lipinski definition) is 1. The highest BCUT2D eigenvalue weighted by Gasteiger charge is 2.16. The lowest BCUT2D eigenvalue weighted by Gasteiger charge is -2.08. The molecule has 0 aliphatic heterocycles. The molecule has 0 unspecified atom stereocenters. The van der Waals surface area contributed by atoms with Crippen LogP contribution in [-0.2, 0) is 10.6 Å². The summed E-state index contributed by atoms with van der Waals surface area (Å²) in [6.07, 6.45) is 1.44. The molecule has 1 N–H and O–H groups in total. The number of aryl methyl sites for hydroxylation is 1. The van der Waals surface area contributed by atoms with Crippen LogP contribution in [0.25, 0.3) is 0 Å². The van der Waals surface area contributed by atoms with Crippen molar-refractivity contribution in [1.29, 1.82) is 0 Å². The van der Waals surface area contributed by atoms with Gasteiger partial charge in [-0.1, -0.05) is 0 Å². The third kappa shape index (κ3) is 3.43. The van der Waals surface area contributed by atoms with Gasteiger partial charge in [0.2, 0.25) is 0 Å². The molecule has 2 aromatic heterocycles. The third-order valence-corrected chi connectivity index (χ3v) is 3.40. The highest BCUT2D eigenvalue weighted by molar-refractivity contribution is 7.13. The molecular formula is C12H13ClN4O2S. The number of anilines is 2. The van der Waals surface area contributed by atoms with E-state index in [1.165, 1.54) is 17.5 Å². The van der Waals surface area contributed by atoms with Gasteiger partial charge in [-0.3, -0.25) is 0 Å². The summed E-state index contributed by atoms with van der Waals surface area (Å²) in [5.41, 5.74) is 1.04. The lowest BCUT2D eigenvalue weighted by atomic mass is 10.3. The third-order valence-electron chi connectivity index (χ3n) is 2.32. The van der Waals surface area contributed by atoms with Gasteiger partial charge in [-0.2, -0.15) is 0 Å². The molecule has 106 valence electrons. The summed E-state index contributed by atoms with van der Waals surface area (Å²) in [5, 5.41) is 5.46. The molecule has 0 atom stereocenters. The Balaban J connectivity index is 2.29. The second-order valence-electron chi connectivity index (χ2n) is 3.80. The fraction of sp³-hybridized carbons (Fsp3) is 0.333. The number of nitrogens with one attached hydrogen (secondary N) is 1. The molecule has 0 amide bonds. The summed E-state index contributed by atoms with van der Waals surface area (Å²) >= 11 is 7.10. The normalized spacial score (nSPS) is 10.3. The van der Waals surface area contributed by atoms with Gasteiger partial charge < -0.3 is 10.1 Å². The molecular weight excluding hydrogens is 300 g/mol. The molecule has 2 heterocycles. The molecule has 0 aliphatic carbocycles. The average Bonchev–Trinajstić information content (AvgIpc) is 2.87. The Labute approximate surface area is 125 Å². The molecule has 0 saturated carbocycles. The monoisotopic (exact) mass is 312 g/mol. The number of ether oxygens (including phenoxy) is 1. The minimum absolute atomic E-state index is 0.278. The Morgan fingerprint density at radius 3 is 2.95 bits per heavy atom. The van der Waals surface area contributed by atoms with Crippen molar-refractivity contribution in [3.05, 3.63) is 28.7 Å². The van der Waals surface area contributed by atoms with Crippen LogP contribution in [0, 0.1) is 6.92 Å². The maximum atomic E-state index is 11.8. The van der Waals surface area contributed by atoms with Crippen molar-refractivity contribution in [2.24, 2.45) is 0 Å². The van der Waals surface area contributed by atoms with E-state index in [0.717, 1.165) is 5.69 Å². The summed E-state index contributed by atoms with van der Waals surface area (Å²) in [5.74, 6) is 0.802. The first kappa shape index (κ1) is 14.7.